The van der Waals surface area contributed by atoms with Crippen LogP contribution in [0.2, 0.25) is 0 Å². The number of carboxylic acids is 1. The van der Waals surface area contributed by atoms with E-state index < -0.39 is 5.97 Å². The first kappa shape index (κ1) is 21.4. The predicted octanol–water partition coefficient (Wildman–Crippen LogP) is 6.95. The van der Waals surface area contributed by atoms with E-state index in [1.54, 1.807) is 6.07 Å². The number of nitrogens with one attached hydrogen (secondary N) is 1. The Hall–Kier alpha value is -2.88. The number of carboxylic acid groups (broad SMARTS) is 1. The number of hydrogen-bond acceptors (Lipinski definition) is 2. The lowest BCUT2D eigenvalue weighted by molar-refractivity contribution is 0.0698. The number of amides is 1. The summed E-state index contributed by atoms with van der Waals surface area (Å²) in [4.78, 5) is 24.9. The molecule has 0 unspecified atom stereocenters. The maximum atomic E-state index is 12.9. The number of aromatic carboxylic acids is 1. The second-order valence-corrected chi connectivity index (χ2v) is 8.91. The van der Waals surface area contributed by atoms with E-state index in [0.717, 1.165) is 30.4 Å². The van der Waals surface area contributed by atoms with Gasteiger partial charge in [-0.1, -0.05) is 37.5 Å². The molecule has 0 aliphatic heterocycles. The van der Waals surface area contributed by atoms with Crippen molar-refractivity contribution in [2.24, 2.45) is 0 Å². The topological polar surface area (TPSA) is 66.4 Å². The van der Waals surface area contributed by atoms with Crippen LogP contribution in [0.25, 0.3) is 5.57 Å². The molecule has 31 heavy (non-hydrogen) atoms. The summed E-state index contributed by atoms with van der Waals surface area (Å²) in [6.07, 6.45) is 12.8. The molecule has 0 aromatic heterocycles. The Kier molecular flexibility index (Phi) is 6.55. The molecule has 1 saturated carbocycles. The maximum absolute atomic E-state index is 12.9. The van der Waals surface area contributed by atoms with Crippen molar-refractivity contribution in [3.8, 4) is 0 Å². The van der Waals surface area contributed by atoms with E-state index in [1.165, 1.54) is 49.7 Å². The van der Waals surface area contributed by atoms with Crippen LogP contribution in [0, 0.1) is 6.92 Å². The summed E-state index contributed by atoms with van der Waals surface area (Å²) in [6, 6.07) is 11.5. The monoisotopic (exact) mass is 417 g/mol. The standard InChI is InChI=1S/C27H31NO3/c1-18-16-23(20-10-6-3-7-11-20)17-24(27(30)31)25(18)28-26(29)22-14-12-21(13-15-22)19-8-4-2-5-9-19/h10,12-17,19H,2-9,11H2,1H3,(H,28,29)(H,30,31). The first-order valence-electron chi connectivity index (χ1n) is 11.5. The number of rotatable bonds is 5. The molecule has 162 valence electrons. The van der Waals surface area contributed by atoms with Crippen molar-refractivity contribution in [1.82, 2.24) is 0 Å². The molecule has 0 heterocycles. The quantitative estimate of drug-likeness (QED) is 0.553. The van der Waals surface area contributed by atoms with E-state index in [-0.39, 0.29) is 11.5 Å². The fourth-order valence-corrected chi connectivity index (χ4v) is 4.94. The lowest BCUT2D eigenvalue weighted by Crippen LogP contribution is -2.16. The zero-order chi connectivity index (χ0) is 21.8. The molecule has 0 saturated heterocycles. The first-order valence-corrected chi connectivity index (χ1v) is 11.5. The summed E-state index contributed by atoms with van der Waals surface area (Å²) < 4.78 is 0. The summed E-state index contributed by atoms with van der Waals surface area (Å²) in [5, 5.41) is 12.7. The fraction of sp³-hybridized carbons (Fsp3) is 0.407. The number of allylic oxidation sites excluding steroid dienone is 2. The van der Waals surface area contributed by atoms with Gasteiger partial charge >= 0.3 is 5.97 Å². The lowest BCUT2D eigenvalue weighted by Gasteiger charge is -2.22. The number of hydrogen-bond donors (Lipinski definition) is 2. The van der Waals surface area contributed by atoms with E-state index in [4.69, 9.17) is 0 Å². The second-order valence-electron chi connectivity index (χ2n) is 8.91. The number of benzene rings is 2. The molecule has 2 N–H and O–H groups in total. The highest BCUT2D eigenvalue weighted by Gasteiger charge is 2.20. The number of carbonyl (C=O) groups is 2. The molecule has 2 aromatic rings. The van der Waals surface area contributed by atoms with Gasteiger partial charge in [0.25, 0.3) is 5.91 Å². The average Bonchev–Trinajstić information content (AvgIpc) is 2.81. The largest absolute Gasteiger partial charge is 0.478 e. The van der Waals surface area contributed by atoms with Gasteiger partial charge in [-0.05, 0) is 97.9 Å². The first-order chi connectivity index (χ1) is 15.0. The molecule has 4 rings (SSSR count). The molecular formula is C27H31NO3. The van der Waals surface area contributed by atoms with Gasteiger partial charge in [0.05, 0.1) is 11.3 Å². The summed E-state index contributed by atoms with van der Waals surface area (Å²) >= 11 is 0. The van der Waals surface area contributed by atoms with Crippen LogP contribution < -0.4 is 5.32 Å². The Morgan fingerprint density at radius 1 is 0.968 bits per heavy atom. The van der Waals surface area contributed by atoms with Gasteiger partial charge in [-0.15, -0.1) is 0 Å². The highest BCUT2D eigenvalue weighted by Crippen LogP contribution is 2.34. The van der Waals surface area contributed by atoms with E-state index in [1.807, 2.05) is 25.1 Å². The van der Waals surface area contributed by atoms with Crippen LogP contribution >= 0.6 is 0 Å². The Bertz CT molecular complexity index is 998. The van der Waals surface area contributed by atoms with Gasteiger partial charge in [-0.3, -0.25) is 4.79 Å². The molecule has 1 fully saturated rings. The van der Waals surface area contributed by atoms with Gasteiger partial charge in [0, 0.05) is 5.56 Å². The molecule has 2 aliphatic carbocycles. The third kappa shape index (κ3) is 4.90. The smallest absolute Gasteiger partial charge is 0.337 e. The SMILES string of the molecule is Cc1cc(C2=CCCCC2)cc(C(=O)O)c1NC(=O)c1ccc(C2CCCCC2)cc1. The van der Waals surface area contributed by atoms with Crippen LogP contribution in [0.1, 0.15) is 101 Å². The van der Waals surface area contributed by atoms with Gasteiger partial charge in [-0.25, -0.2) is 4.79 Å². The molecule has 0 atom stereocenters. The zero-order valence-corrected chi connectivity index (χ0v) is 18.2. The second kappa shape index (κ2) is 9.51. The Morgan fingerprint density at radius 3 is 2.35 bits per heavy atom. The molecule has 4 nitrogen and oxygen atoms in total. The van der Waals surface area contributed by atoms with Crippen molar-refractivity contribution in [3.05, 3.63) is 70.3 Å². The average molecular weight is 418 g/mol. The van der Waals surface area contributed by atoms with Crippen molar-refractivity contribution in [2.45, 2.75) is 70.6 Å². The highest BCUT2D eigenvalue weighted by molar-refractivity contribution is 6.08. The van der Waals surface area contributed by atoms with E-state index in [9.17, 15) is 14.7 Å². The summed E-state index contributed by atoms with van der Waals surface area (Å²) in [5.74, 6) is -0.705. The molecule has 0 radical (unpaired) electrons. The minimum atomic E-state index is -1.02. The van der Waals surface area contributed by atoms with Gasteiger partial charge in [0.1, 0.15) is 0 Å². The molecule has 2 aliphatic rings. The summed E-state index contributed by atoms with van der Waals surface area (Å²) in [6.45, 7) is 1.86. The third-order valence-corrected chi connectivity index (χ3v) is 6.72. The van der Waals surface area contributed by atoms with Crippen molar-refractivity contribution in [3.63, 3.8) is 0 Å². The number of carbonyl (C=O) groups excluding carboxylic acids is 1. The van der Waals surface area contributed by atoms with Crippen molar-refractivity contribution in [1.29, 1.82) is 0 Å². The normalized spacial score (nSPS) is 17.1. The molecule has 2 aromatic carbocycles. The van der Waals surface area contributed by atoms with Crippen LogP contribution in [0.5, 0.6) is 0 Å². The Morgan fingerprint density at radius 2 is 1.71 bits per heavy atom. The molecular weight excluding hydrogens is 386 g/mol. The summed E-state index contributed by atoms with van der Waals surface area (Å²) in [5.41, 5.74) is 5.30. The number of aryl methyl sites for hydroxylation is 1. The van der Waals surface area contributed by atoms with Gasteiger partial charge in [0.2, 0.25) is 0 Å². The van der Waals surface area contributed by atoms with Crippen LogP contribution in [0.4, 0.5) is 5.69 Å². The molecule has 4 heteroatoms. The maximum Gasteiger partial charge on any atom is 0.337 e. The van der Waals surface area contributed by atoms with E-state index in [2.05, 4.69) is 23.5 Å². The van der Waals surface area contributed by atoms with Crippen LogP contribution in [-0.2, 0) is 0 Å². The van der Waals surface area contributed by atoms with Gasteiger partial charge in [-0.2, -0.15) is 0 Å². The highest BCUT2D eigenvalue weighted by atomic mass is 16.4. The van der Waals surface area contributed by atoms with Crippen LogP contribution in [0.3, 0.4) is 0 Å². The van der Waals surface area contributed by atoms with Crippen LogP contribution in [0.15, 0.2) is 42.5 Å². The van der Waals surface area contributed by atoms with Gasteiger partial charge in [0.15, 0.2) is 0 Å². The van der Waals surface area contributed by atoms with Crippen molar-refractivity contribution < 1.29 is 14.7 Å². The van der Waals surface area contributed by atoms with Crippen molar-refractivity contribution in [2.75, 3.05) is 5.32 Å². The third-order valence-electron chi connectivity index (χ3n) is 6.72. The van der Waals surface area contributed by atoms with E-state index >= 15 is 0 Å². The van der Waals surface area contributed by atoms with Crippen LogP contribution in [-0.4, -0.2) is 17.0 Å². The van der Waals surface area contributed by atoms with Gasteiger partial charge < -0.3 is 10.4 Å². The van der Waals surface area contributed by atoms with Crippen molar-refractivity contribution >= 4 is 23.1 Å². The molecule has 0 spiro atoms. The zero-order valence-electron chi connectivity index (χ0n) is 18.2. The predicted molar refractivity (Wildman–Crippen MR) is 125 cm³/mol. The minimum absolute atomic E-state index is 0.147. The lowest BCUT2D eigenvalue weighted by atomic mass is 9.84. The number of anilines is 1. The Labute approximate surface area is 184 Å². The fourth-order valence-electron chi connectivity index (χ4n) is 4.94. The summed E-state index contributed by atoms with van der Waals surface area (Å²) in [7, 11) is 0. The minimum Gasteiger partial charge on any atom is -0.478 e. The molecule has 1 amide bonds. The Balaban J connectivity index is 1.55. The van der Waals surface area contributed by atoms with E-state index in [0.29, 0.717) is 17.2 Å². The molecule has 0 bridgehead atoms.